The van der Waals surface area contributed by atoms with Crippen LogP contribution >= 0.6 is 11.8 Å². The molecular weight excluding hydrogens is 411 g/mol. The number of aryl methyl sites for hydroxylation is 2. The van der Waals surface area contributed by atoms with Crippen molar-refractivity contribution in [2.24, 2.45) is 5.92 Å². The second kappa shape index (κ2) is 9.47. The van der Waals surface area contributed by atoms with Crippen LogP contribution in [0.15, 0.2) is 64.8 Å². The molecule has 1 saturated heterocycles. The Hall–Kier alpha value is -2.93. The van der Waals surface area contributed by atoms with Crippen molar-refractivity contribution in [2.45, 2.75) is 36.6 Å². The van der Waals surface area contributed by atoms with Gasteiger partial charge in [0.1, 0.15) is 10.8 Å². The van der Waals surface area contributed by atoms with Crippen molar-refractivity contribution in [1.29, 1.82) is 0 Å². The summed E-state index contributed by atoms with van der Waals surface area (Å²) in [6.07, 6.45) is 4.89. The third-order valence-corrected chi connectivity index (χ3v) is 6.48. The molecule has 0 bridgehead atoms. The molecule has 1 aromatic heterocycles. The SMILES string of the molecule is Cc1ccc(Sc2nccnc2N2CCC(C(=O)Nc3ccc(F)cc3C)CC2)cc1. The van der Waals surface area contributed by atoms with Gasteiger partial charge in [-0.1, -0.05) is 29.5 Å². The highest BCUT2D eigenvalue weighted by molar-refractivity contribution is 7.99. The summed E-state index contributed by atoms with van der Waals surface area (Å²) in [7, 11) is 0. The number of anilines is 2. The number of carbonyl (C=O) groups is 1. The fourth-order valence-electron chi connectivity index (χ4n) is 3.68. The van der Waals surface area contributed by atoms with E-state index in [0.717, 1.165) is 47.2 Å². The van der Waals surface area contributed by atoms with Gasteiger partial charge in [0.2, 0.25) is 5.91 Å². The van der Waals surface area contributed by atoms with E-state index in [1.807, 2.05) is 0 Å². The molecule has 4 rings (SSSR count). The molecule has 31 heavy (non-hydrogen) atoms. The van der Waals surface area contributed by atoms with Crippen molar-refractivity contribution < 1.29 is 9.18 Å². The van der Waals surface area contributed by atoms with E-state index in [4.69, 9.17) is 0 Å². The van der Waals surface area contributed by atoms with Gasteiger partial charge in [0.25, 0.3) is 0 Å². The molecule has 5 nitrogen and oxygen atoms in total. The lowest BCUT2D eigenvalue weighted by Gasteiger charge is -2.32. The quantitative estimate of drug-likeness (QED) is 0.593. The second-order valence-corrected chi connectivity index (χ2v) is 8.87. The molecule has 1 amide bonds. The molecule has 0 saturated carbocycles. The van der Waals surface area contributed by atoms with Gasteiger partial charge < -0.3 is 10.2 Å². The summed E-state index contributed by atoms with van der Waals surface area (Å²) in [5.41, 5.74) is 2.61. The van der Waals surface area contributed by atoms with Crippen LogP contribution in [0, 0.1) is 25.6 Å². The third kappa shape index (κ3) is 5.22. The summed E-state index contributed by atoms with van der Waals surface area (Å²) < 4.78 is 13.3. The number of amides is 1. The average molecular weight is 437 g/mol. The number of nitrogens with one attached hydrogen (secondary N) is 1. The van der Waals surface area contributed by atoms with Crippen molar-refractivity contribution in [3.8, 4) is 0 Å². The summed E-state index contributed by atoms with van der Waals surface area (Å²) in [6, 6.07) is 12.8. The Morgan fingerprint density at radius 3 is 2.48 bits per heavy atom. The molecule has 0 radical (unpaired) electrons. The zero-order valence-corrected chi connectivity index (χ0v) is 18.5. The average Bonchev–Trinajstić information content (AvgIpc) is 2.78. The number of halogens is 1. The molecule has 1 aliphatic heterocycles. The first-order valence-corrected chi connectivity index (χ1v) is 11.2. The van der Waals surface area contributed by atoms with Crippen LogP contribution < -0.4 is 10.2 Å². The zero-order chi connectivity index (χ0) is 21.8. The first-order chi connectivity index (χ1) is 15.0. The Labute approximate surface area is 186 Å². The van der Waals surface area contributed by atoms with Gasteiger partial charge in [-0.05, 0) is 62.6 Å². The number of hydrogen-bond acceptors (Lipinski definition) is 5. The third-order valence-electron chi connectivity index (χ3n) is 5.49. The van der Waals surface area contributed by atoms with Crippen molar-refractivity contribution in [3.05, 3.63) is 71.8 Å². The van der Waals surface area contributed by atoms with Gasteiger partial charge in [0.05, 0.1) is 0 Å². The van der Waals surface area contributed by atoms with Crippen LogP contribution in [-0.2, 0) is 4.79 Å². The molecule has 0 unspecified atom stereocenters. The highest BCUT2D eigenvalue weighted by Crippen LogP contribution is 2.34. The van der Waals surface area contributed by atoms with Crippen LogP contribution in [-0.4, -0.2) is 29.0 Å². The molecule has 0 aliphatic carbocycles. The second-order valence-electron chi connectivity index (χ2n) is 7.81. The summed E-state index contributed by atoms with van der Waals surface area (Å²) in [5, 5.41) is 3.83. The maximum atomic E-state index is 13.3. The minimum Gasteiger partial charge on any atom is -0.354 e. The Balaban J connectivity index is 1.39. The lowest BCUT2D eigenvalue weighted by atomic mass is 9.95. The van der Waals surface area contributed by atoms with Gasteiger partial charge in [0.15, 0.2) is 5.82 Å². The van der Waals surface area contributed by atoms with E-state index in [2.05, 4.69) is 51.4 Å². The molecule has 1 aliphatic rings. The maximum Gasteiger partial charge on any atom is 0.227 e. The molecule has 0 atom stereocenters. The molecule has 2 aromatic carbocycles. The molecule has 1 fully saturated rings. The Kier molecular flexibility index (Phi) is 6.51. The smallest absolute Gasteiger partial charge is 0.227 e. The van der Waals surface area contributed by atoms with E-state index in [-0.39, 0.29) is 17.6 Å². The molecular formula is C24H25FN4OS. The number of hydrogen-bond donors (Lipinski definition) is 1. The van der Waals surface area contributed by atoms with Gasteiger partial charge in [-0.15, -0.1) is 0 Å². The minimum atomic E-state index is -0.299. The molecule has 3 aromatic rings. The van der Waals surface area contributed by atoms with Crippen molar-refractivity contribution >= 4 is 29.2 Å². The number of piperidine rings is 1. The number of rotatable bonds is 5. The summed E-state index contributed by atoms with van der Waals surface area (Å²) in [4.78, 5) is 25.2. The minimum absolute atomic E-state index is 0.0113. The lowest BCUT2D eigenvalue weighted by molar-refractivity contribution is -0.120. The van der Waals surface area contributed by atoms with E-state index >= 15 is 0 Å². The molecule has 7 heteroatoms. The van der Waals surface area contributed by atoms with Crippen LogP contribution in [0.5, 0.6) is 0 Å². The first-order valence-electron chi connectivity index (χ1n) is 10.4. The Morgan fingerprint density at radius 1 is 1.06 bits per heavy atom. The predicted octanol–water partition coefficient (Wildman–Crippen LogP) is 5.24. The van der Waals surface area contributed by atoms with Crippen LogP contribution in [0.4, 0.5) is 15.9 Å². The normalized spacial score (nSPS) is 14.5. The summed E-state index contributed by atoms with van der Waals surface area (Å²) in [6.45, 7) is 5.34. The Bertz CT molecular complexity index is 1070. The summed E-state index contributed by atoms with van der Waals surface area (Å²) >= 11 is 1.60. The Morgan fingerprint density at radius 2 is 1.77 bits per heavy atom. The monoisotopic (exact) mass is 436 g/mol. The van der Waals surface area contributed by atoms with E-state index in [1.54, 1.807) is 37.1 Å². The van der Waals surface area contributed by atoms with Crippen LogP contribution in [0.25, 0.3) is 0 Å². The molecule has 160 valence electrons. The standard InChI is InChI=1S/C24H25FN4OS/c1-16-3-6-20(7-4-16)31-24-22(26-11-12-27-24)29-13-9-18(10-14-29)23(30)28-21-8-5-19(25)15-17(21)2/h3-8,11-12,15,18H,9-10,13-14H2,1-2H3,(H,28,30). The van der Waals surface area contributed by atoms with Crippen LogP contribution in [0.2, 0.25) is 0 Å². The van der Waals surface area contributed by atoms with Crippen LogP contribution in [0.3, 0.4) is 0 Å². The highest BCUT2D eigenvalue weighted by atomic mass is 32.2. The highest BCUT2D eigenvalue weighted by Gasteiger charge is 2.27. The van der Waals surface area contributed by atoms with Gasteiger partial charge in [0, 0.05) is 42.0 Å². The molecule has 0 spiro atoms. The zero-order valence-electron chi connectivity index (χ0n) is 17.6. The van der Waals surface area contributed by atoms with Gasteiger partial charge in [-0.2, -0.15) is 0 Å². The van der Waals surface area contributed by atoms with E-state index in [9.17, 15) is 9.18 Å². The van der Waals surface area contributed by atoms with Crippen molar-refractivity contribution in [2.75, 3.05) is 23.3 Å². The van der Waals surface area contributed by atoms with Crippen molar-refractivity contribution in [1.82, 2.24) is 9.97 Å². The lowest BCUT2D eigenvalue weighted by Crippen LogP contribution is -2.39. The molecule has 2 heterocycles. The topological polar surface area (TPSA) is 58.1 Å². The number of aromatic nitrogens is 2. The fraction of sp³-hybridized carbons (Fsp3) is 0.292. The number of carbonyl (C=O) groups excluding carboxylic acids is 1. The predicted molar refractivity (Wildman–Crippen MR) is 122 cm³/mol. The number of benzene rings is 2. The van der Waals surface area contributed by atoms with Crippen molar-refractivity contribution in [3.63, 3.8) is 0 Å². The fourth-order valence-corrected chi connectivity index (χ4v) is 4.56. The molecule has 1 N–H and O–H groups in total. The largest absolute Gasteiger partial charge is 0.354 e. The van der Waals surface area contributed by atoms with E-state index in [0.29, 0.717) is 5.69 Å². The van der Waals surface area contributed by atoms with Gasteiger partial charge in [-0.25, -0.2) is 14.4 Å². The first kappa shape index (κ1) is 21.3. The van der Waals surface area contributed by atoms with E-state index in [1.165, 1.54) is 17.7 Å². The van der Waals surface area contributed by atoms with E-state index < -0.39 is 0 Å². The maximum absolute atomic E-state index is 13.3. The summed E-state index contributed by atoms with van der Waals surface area (Å²) in [5.74, 6) is 0.474. The van der Waals surface area contributed by atoms with Crippen LogP contribution in [0.1, 0.15) is 24.0 Å². The number of nitrogens with zero attached hydrogens (tertiary/aromatic N) is 3. The van der Waals surface area contributed by atoms with Gasteiger partial charge in [-0.3, -0.25) is 4.79 Å². The van der Waals surface area contributed by atoms with Gasteiger partial charge >= 0.3 is 0 Å².